The molecule has 0 amide bonds. The number of rotatable bonds is 6. The molecule has 0 radical (unpaired) electrons. The van der Waals surface area contributed by atoms with Crippen molar-refractivity contribution >= 4 is 21.4 Å². The molecule has 0 bridgehead atoms. The average molecular weight is 328 g/mol. The first kappa shape index (κ1) is 16.3. The molecule has 114 valence electrons. The Labute approximate surface area is 130 Å². The SMILES string of the molecule is CCOC[C@]1(C#N)[C@H](c2ccc(Cl)cc2)[C@H]1S(=O)(=O)CC. The van der Waals surface area contributed by atoms with E-state index in [-0.39, 0.29) is 18.3 Å². The van der Waals surface area contributed by atoms with Crippen molar-refractivity contribution in [3.8, 4) is 6.07 Å². The lowest BCUT2D eigenvalue weighted by molar-refractivity contribution is 0.117. The fourth-order valence-electron chi connectivity index (χ4n) is 2.86. The van der Waals surface area contributed by atoms with Crippen LogP contribution in [0.5, 0.6) is 0 Å². The average Bonchev–Trinajstić information content (AvgIpc) is 3.16. The first-order chi connectivity index (χ1) is 9.93. The minimum atomic E-state index is -3.32. The molecule has 0 N–H and O–H groups in total. The largest absolute Gasteiger partial charge is 0.380 e. The van der Waals surface area contributed by atoms with Gasteiger partial charge in [0.2, 0.25) is 0 Å². The van der Waals surface area contributed by atoms with E-state index in [0.717, 1.165) is 5.56 Å². The summed E-state index contributed by atoms with van der Waals surface area (Å²) in [7, 11) is -3.32. The molecule has 1 aromatic rings. The number of ether oxygens (including phenoxy) is 1. The third-order valence-corrected chi connectivity index (χ3v) is 6.55. The monoisotopic (exact) mass is 327 g/mol. The van der Waals surface area contributed by atoms with E-state index < -0.39 is 20.5 Å². The third-order valence-electron chi connectivity index (χ3n) is 4.03. The highest BCUT2D eigenvalue weighted by molar-refractivity contribution is 7.92. The molecule has 0 unspecified atom stereocenters. The summed E-state index contributed by atoms with van der Waals surface area (Å²) in [5, 5.41) is 9.46. The fraction of sp³-hybridized carbons (Fsp3) is 0.533. The standard InChI is InChI=1S/C15H18ClNO3S/c1-3-20-10-15(9-17)13(14(15)21(18,19)4-2)11-5-7-12(16)8-6-11/h5-8,13-14H,3-4,10H2,1-2H3/t13-,14-,15-/m1/s1. The van der Waals surface area contributed by atoms with Crippen LogP contribution in [0.2, 0.25) is 5.02 Å². The van der Waals surface area contributed by atoms with Gasteiger partial charge in [-0.15, -0.1) is 0 Å². The lowest BCUT2D eigenvalue weighted by Crippen LogP contribution is -2.20. The van der Waals surface area contributed by atoms with E-state index in [1.54, 1.807) is 31.2 Å². The highest BCUT2D eigenvalue weighted by Crippen LogP contribution is 2.63. The second-order valence-corrected chi connectivity index (χ2v) is 8.04. The maximum atomic E-state index is 12.3. The van der Waals surface area contributed by atoms with E-state index in [9.17, 15) is 13.7 Å². The Morgan fingerprint density at radius 3 is 2.43 bits per heavy atom. The van der Waals surface area contributed by atoms with E-state index >= 15 is 0 Å². The summed E-state index contributed by atoms with van der Waals surface area (Å²) >= 11 is 5.87. The first-order valence-electron chi connectivity index (χ1n) is 6.89. The molecule has 4 nitrogen and oxygen atoms in total. The number of hydrogen-bond donors (Lipinski definition) is 0. The van der Waals surface area contributed by atoms with Crippen molar-refractivity contribution in [2.24, 2.45) is 5.41 Å². The highest BCUT2D eigenvalue weighted by atomic mass is 35.5. The second-order valence-electron chi connectivity index (χ2n) is 5.19. The van der Waals surface area contributed by atoms with Crippen LogP contribution in [0, 0.1) is 16.7 Å². The van der Waals surface area contributed by atoms with Gasteiger partial charge in [-0.2, -0.15) is 5.26 Å². The maximum absolute atomic E-state index is 12.3. The van der Waals surface area contributed by atoms with Gasteiger partial charge in [-0.1, -0.05) is 30.7 Å². The van der Waals surface area contributed by atoms with Crippen LogP contribution in [0.4, 0.5) is 0 Å². The molecular formula is C15H18ClNO3S. The molecule has 21 heavy (non-hydrogen) atoms. The van der Waals surface area contributed by atoms with Crippen LogP contribution in [0.15, 0.2) is 24.3 Å². The molecule has 6 heteroatoms. The summed E-state index contributed by atoms with van der Waals surface area (Å²) in [6, 6.07) is 9.21. The Bertz CT molecular complexity index is 650. The van der Waals surface area contributed by atoms with Gasteiger partial charge >= 0.3 is 0 Å². The van der Waals surface area contributed by atoms with E-state index in [0.29, 0.717) is 11.6 Å². The number of halogens is 1. The maximum Gasteiger partial charge on any atom is 0.155 e. The van der Waals surface area contributed by atoms with Crippen LogP contribution < -0.4 is 0 Å². The Morgan fingerprint density at radius 2 is 1.95 bits per heavy atom. The topological polar surface area (TPSA) is 67.2 Å². The van der Waals surface area contributed by atoms with Crippen LogP contribution in [-0.2, 0) is 14.6 Å². The molecule has 1 aromatic carbocycles. The van der Waals surface area contributed by atoms with Gasteiger partial charge in [0.15, 0.2) is 9.84 Å². The fourth-order valence-corrected chi connectivity index (χ4v) is 4.99. The quantitative estimate of drug-likeness (QED) is 0.805. The second kappa shape index (κ2) is 5.96. The van der Waals surface area contributed by atoms with Gasteiger partial charge < -0.3 is 4.74 Å². The van der Waals surface area contributed by atoms with Crippen molar-refractivity contribution in [3.63, 3.8) is 0 Å². The van der Waals surface area contributed by atoms with Gasteiger partial charge in [0.1, 0.15) is 5.41 Å². The van der Waals surface area contributed by atoms with Crippen LogP contribution in [0.25, 0.3) is 0 Å². The van der Waals surface area contributed by atoms with Gasteiger partial charge in [0.05, 0.1) is 17.9 Å². The summed E-state index contributed by atoms with van der Waals surface area (Å²) in [4.78, 5) is 0. The molecule has 2 rings (SSSR count). The van der Waals surface area contributed by atoms with Crippen molar-refractivity contribution in [2.45, 2.75) is 25.0 Å². The van der Waals surface area contributed by atoms with E-state index in [2.05, 4.69) is 6.07 Å². The summed E-state index contributed by atoms with van der Waals surface area (Å²) in [5.74, 6) is -0.326. The van der Waals surface area contributed by atoms with Gasteiger partial charge in [-0.05, 0) is 24.6 Å². The lowest BCUT2D eigenvalue weighted by atomic mass is 10.0. The Kier molecular flexibility index (Phi) is 4.62. The molecule has 3 atom stereocenters. The van der Waals surface area contributed by atoms with Crippen LogP contribution in [0.3, 0.4) is 0 Å². The first-order valence-corrected chi connectivity index (χ1v) is 8.98. The molecule has 1 aliphatic carbocycles. The van der Waals surface area contributed by atoms with Gasteiger partial charge in [0, 0.05) is 23.3 Å². The number of benzene rings is 1. The zero-order valence-electron chi connectivity index (χ0n) is 12.0. The summed E-state index contributed by atoms with van der Waals surface area (Å²) in [5.41, 5.74) is -0.165. The van der Waals surface area contributed by atoms with Crippen molar-refractivity contribution in [1.82, 2.24) is 0 Å². The van der Waals surface area contributed by atoms with Crippen molar-refractivity contribution in [1.29, 1.82) is 5.26 Å². The zero-order valence-corrected chi connectivity index (χ0v) is 13.6. The summed E-state index contributed by atoms with van der Waals surface area (Å²) < 4.78 is 30.0. The molecule has 0 saturated heterocycles. The van der Waals surface area contributed by atoms with Gasteiger partial charge in [0.25, 0.3) is 0 Å². The lowest BCUT2D eigenvalue weighted by Gasteiger charge is -2.09. The number of hydrogen-bond acceptors (Lipinski definition) is 4. The molecule has 0 aliphatic heterocycles. The third kappa shape index (κ3) is 2.80. The van der Waals surface area contributed by atoms with E-state index in [1.165, 1.54) is 0 Å². The predicted molar refractivity (Wildman–Crippen MR) is 82.0 cm³/mol. The van der Waals surface area contributed by atoms with Crippen molar-refractivity contribution < 1.29 is 13.2 Å². The molecule has 0 spiro atoms. The highest BCUT2D eigenvalue weighted by Gasteiger charge is 2.71. The molecule has 1 fully saturated rings. The van der Waals surface area contributed by atoms with Crippen molar-refractivity contribution in [3.05, 3.63) is 34.9 Å². The van der Waals surface area contributed by atoms with Crippen LogP contribution in [0.1, 0.15) is 25.3 Å². The minimum Gasteiger partial charge on any atom is -0.380 e. The Balaban J connectivity index is 2.42. The molecule has 1 saturated carbocycles. The number of nitrogens with zero attached hydrogens (tertiary/aromatic N) is 1. The molecule has 0 aromatic heterocycles. The van der Waals surface area contributed by atoms with Gasteiger partial charge in [-0.3, -0.25) is 0 Å². The number of sulfone groups is 1. The summed E-state index contributed by atoms with van der Waals surface area (Å²) in [6.45, 7) is 4.02. The molecule has 1 aliphatic rings. The van der Waals surface area contributed by atoms with Crippen LogP contribution >= 0.6 is 11.6 Å². The van der Waals surface area contributed by atoms with E-state index in [4.69, 9.17) is 16.3 Å². The normalized spacial score (nSPS) is 28.1. The van der Waals surface area contributed by atoms with Crippen LogP contribution in [-0.4, -0.2) is 32.6 Å². The molecular weight excluding hydrogens is 310 g/mol. The smallest absolute Gasteiger partial charge is 0.155 e. The number of nitriles is 1. The zero-order chi connectivity index (χ0) is 15.7. The summed E-state index contributed by atoms with van der Waals surface area (Å²) in [6.07, 6.45) is 0. The predicted octanol–water partition coefficient (Wildman–Crippen LogP) is 2.79. The Morgan fingerprint density at radius 1 is 1.33 bits per heavy atom. The van der Waals surface area contributed by atoms with E-state index in [1.807, 2.05) is 6.92 Å². The Hall–Kier alpha value is -1.09. The van der Waals surface area contributed by atoms with Gasteiger partial charge in [-0.25, -0.2) is 8.42 Å². The van der Waals surface area contributed by atoms with Crippen molar-refractivity contribution in [2.75, 3.05) is 19.0 Å². The minimum absolute atomic E-state index is 0.0251. The molecule has 0 heterocycles.